The number of rotatable bonds is 9. The summed E-state index contributed by atoms with van der Waals surface area (Å²) in [5.74, 6) is 0.144. The fourth-order valence-electron chi connectivity index (χ4n) is 7.98. The summed E-state index contributed by atoms with van der Waals surface area (Å²) in [6, 6.07) is 12.5. The van der Waals surface area contributed by atoms with Gasteiger partial charge in [0.25, 0.3) is 0 Å². The van der Waals surface area contributed by atoms with Crippen molar-refractivity contribution in [1.29, 1.82) is 0 Å². The minimum absolute atomic E-state index is 0.0443. The summed E-state index contributed by atoms with van der Waals surface area (Å²) < 4.78 is 12.1. The van der Waals surface area contributed by atoms with Gasteiger partial charge in [0.2, 0.25) is 11.2 Å². The maximum Gasteiger partial charge on any atom is 0.238 e. The Labute approximate surface area is 323 Å². The maximum atomic E-state index is 14.0. The molecule has 0 amide bonds. The van der Waals surface area contributed by atoms with Crippen LogP contribution in [0.5, 0.6) is 28.7 Å². The van der Waals surface area contributed by atoms with E-state index in [9.17, 15) is 40.2 Å². The lowest BCUT2D eigenvalue weighted by molar-refractivity contribution is -0.109. The molecule has 0 unspecified atom stereocenters. The second kappa shape index (κ2) is 17.3. The smallest absolute Gasteiger partial charge is 0.238 e. The molecule has 290 valence electrons. The first-order valence-electron chi connectivity index (χ1n) is 18.8. The Balaban J connectivity index is 1.35. The fraction of sp³-hybridized carbons (Fsp3) is 0.476. The van der Waals surface area contributed by atoms with Crippen LogP contribution in [-0.4, -0.2) is 65.7 Å². The maximum absolute atomic E-state index is 14.0. The summed E-state index contributed by atoms with van der Waals surface area (Å²) in [7, 11) is 3.39. The van der Waals surface area contributed by atoms with Gasteiger partial charge in [0.05, 0.1) is 17.0 Å². The Morgan fingerprint density at radius 3 is 2.50 bits per heavy atom. The van der Waals surface area contributed by atoms with Gasteiger partial charge in [-0.25, -0.2) is 0 Å². The molecule has 0 bridgehead atoms. The van der Waals surface area contributed by atoms with E-state index in [4.69, 9.17) is 9.15 Å². The molecule has 0 radical (unpaired) electrons. The number of aliphatic hydroxyl groups is 2. The molecule has 5 atom stereocenters. The molecule has 2 heterocycles. The predicted octanol–water partition coefficient (Wildman–Crippen LogP) is 8.01. The van der Waals surface area contributed by atoms with Crippen molar-refractivity contribution in [3.05, 3.63) is 75.4 Å². The van der Waals surface area contributed by atoms with Gasteiger partial charge >= 0.3 is 0 Å². The lowest BCUT2D eigenvalue weighted by Gasteiger charge is -2.43. The van der Waals surface area contributed by atoms with Crippen LogP contribution in [-0.2, 0) is 17.6 Å². The largest absolute Gasteiger partial charge is 0.508 e. The van der Waals surface area contributed by atoms with Crippen molar-refractivity contribution in [2.24, 2.45) is 11.8 Å². The third-order valence-corrected chi connectivity index (χ3v) is 14.0. The van der Waals surface area contributed by atoms with E-state index < -0.39 is 34.2 Å². The number of fused-ring (bicyclic) bond motifs is 1. The van der Waals surface area contributed by atoms with Gasteiger partial charge in [-0.1, -0.05) is 54.0 Å². The highest BCUT2D eigenvalue weighted by molar-refractivity contribution is 8.77. The molecule has 12 heteroatoms. The highest BCUT2D eigenvalue weighted by atomic mass is 33.1. The molecule has 10 nitrogen and oxygen atoms in total. The Bertz CT molecular complexity index is 2010. The lowest BCUT2D eigenvalue weighted by atomic mass is 9.75. The average molecular weight is 779 g/mol. The first kappa shape index (κ1) is 39.8. The number of aliphatic hydroxyl groups excluding tert-OH is 2. The monoisotopic (exact) mass is 778 g/mol. The molecule has 2 aliphatic rings. The van der Waals surface area contributed by atoms with E-state index in [0.717, 1.165) is 43.3 Å². The number of phenols is 3. The zero-order valence-corrected chi connectivity index (χ0v) is 32.3. The Morgan fingerprint density at radius 1 is 0.944 bits per heavy atom. The van der Waals surface area contributed by atoms with Crippen molar-refractivity contribution in [3.63, 3.8) is 0 Å². The molecule has 1 saturated heterocycles. The van der Waals surface area contributed by atoms with E-state index in [-0.39, 0.29) is 64.4 Å². The van der Waals surface area contributed by atoms with Crippen LogP contribution in [0.2, 0.25) is 0 Å². The molecular formula is C42H50O10S2. The molecule has 54 heavy (non-hydrogen) atoms. The first-order valence-corrected chi connectivity index (χ1v) is 21.1. The van der Waals surface area contributed by atoms with Crippen LogP contribution in [0.3, 0.4) is 0 Å². The summed E-state index contributed by atoms with van der Waals surface area (Å²) in [6.45, 7) is 4.02. The van der Waals surface area contributed by atoms with Gasteiger partial charge in [0.15, 0.2) is 5.76 Å². The third-order valence-electron chi connectivity index (χ3n) is 10.7. The number of aromatic hydroxyl groups is 4. The first-order chi connectivity index (χ1) is 25.9. The minimum Gasteiger partial charge on any atom is -0.508 e. The Morgan fingerprint density at radius 2 is 1.74 bits per heavy atom. The van der Waals surface area contributed by atoms with Gasteiger partial charge in [-0.3, -0.25) is 4.79 Å². The second-order valence-electron chi connectivity index (χ2n) is 15.3. The molecule has 2 fully saturated rings. The molecule has 4 aromatic rings. The average Bonchev–Trinajstić information content (AvgIpc) is 3.14. The molecule has 1 aromatic heterocycles. The van der Waals surface area contributed by atoms with Crippen molar-refractivity contribution in [2.45, 2.75) is 108 Å². The summed E-state index contributed by atoms with van der Waals surface area (Å²) >= 11 is 0. The van der Waals surface area contributed by atoms with Crippen LogP contribution >= 0.6 is 21.6 Å². The number of hydrogen-bond donors (Lipinski definition) is 6. The highest BCUT2D eigenvalue weighted by Gasteiger charge is 2.43. The van der Waals surface area contributed by atoms with Crippen LogP contribution in [0, 0.1) is 11.8 Å². The van der Waals surface area contributed by atoms with Gasteiger partial charge in [-0.05, 0) is 104 Å². The molecule has 6 rings (SSSR count). The Hall–Kier alpha value is -3.84. The molecular weight excluding hydrogens is 729 g/mol. The SMILES string of the molecule is CC(C)Cc1cc(-c2oc3cc(O)cc(O[C@@H]4CC[C@H](O)[C@]5(CCC[C@@H](CC=O)C5)SSCCC[C@H]4O)c3c(=O)c2O)cc(Cc2cccc(O)c2)c1O. The third kappa shape index (κ3) is 8.99. The normalized spacial score (nSPS) is 24.0. The number of ether oxygens (including phenoxy) is 1. The van der Waals surface area contributed by atoms with Crippen molar-refractivity contribution < 1.29 is 44.6 Å². The Kier molecular flexibility index (Phi) is 12.8. The van der Waals surface area contributed by atoms with Crippen molar-refractivity contribution in [1.82, 2.24) is 0 Å². The van der Waals surface area contributed by atoms with Gasteiger partial charge in [-0.15, -0.1) is 0 Å². The number of phenolic OH excluding ortho intramolecular Hbond substituents is 3. The van der Waals surface area contributed by atoms with Gasteiger partial charge in [0, 0.05) is 36.3 Å². The summed E-state index contributed by atoms with van der Waals surface area (Å²) in [6.07, 6.45) is 4.79. The fourth-order valence-corrected chi connectivity index (χ4v) is 11.4. The van der Waals surface area contributed by atoms with Crippen molar-refractivity contribution in [3.8, 4) is 40.1 Å². The van der Waals surface area contributed by atoms with Crippen LogP contribution in [0.1, 0.15) is 88.3 Å². The number of carbonyl (C=O) groups excluding carboxylic acids is 1. The zero-order chi connectivity index (χ0) is 38.6. The van der Waals surface area contributed by atoms with E-state index in [0.29, 0.717) is 48.8 Å². The molecule has 1 aliphatic heterocycles. The molecule has 1 aliphatic carbocycles. The second-order valence-corrected chi connectivity index (χ2v) is 18.1. The number of carbonyl (C=O) groups is 1. The van der Waals surface area contributed by atoms with Crippen LogP contribution < -0.4 is 10.2 Å². The van der Waals surface area contributed by atoms with Crippen molar-refractivity contribution >= 4 is 38.8 Å². The minimum atomic E-state index is -0.940. The summed E-state index contributed by atoms with van der Waals surface area (Å²) in [5, 5.41) is 66.5. The van der Waals surface area contributed by atoms with Crippen LogP contribution in [0.15, 0.2) is 57.7 Å². The number of aldehydes is 1. The highest BCUT2D eigenvalue weighted by Crippen LogP contribution is 2.52. The van der Waals surface area contributed by atoms with E-state index in [1.807, 2.05) is 19.9 Å². The van der Waals surface area contributed by atoms with E-state index in [2.05, 4.69) is 0 Å². The summed E-state index contributed by atoms with van der Waals surface area (Å²) in [4.78, 5) is 25.4. The van der Waals surface area contributed by atoms with Gasteiger partial charge < -0.3 is 44.6 Å². The van der Waals surface area contributed by atoms with Crippen molar-refractivity contribution in [2.75, 3.05) is 5.75 Å². The standard InChI is InChI=1S/C42H50O10S2/c1-24(2)16-27-19-29(20-28(38(27)48)17-26-6-3-8-30(44)18-26)41-40(50)39(49)37-34(21-31(45)22-35(37)52-41)51-33-10-11-36(47)42(54-53-15-5-9-32(33)46)13-4-7-25(23-42)12-14-43/h3,6,8,14,18-22,24-25,32-33,36,44-48,50H,4-5,7,9-13,15-17,23H2,1-2H3/t25-,32+,33+,36-,42+/m0/s1. The zero-order valence-electron chi connectivity index (χ0n) is 30.7. The molecule has 1 spiro atoms. The van der Waals surface area contributed by atoms with Crippen LogP contribution in [0.4, 0.5) is 0 Å². The molecule has 3 aromatic carbocycles. The lowest BCUT2D eigenvalue weighted by Crippen LogP contribution is -2.44. The van der Waals surface area contributed by atoms with E-state index in [1.165, 1.54) is 12.1 Å². The molecule has 6 N–H and O–H groups in total. The van der Waals surface area contributed by atoms with Crippen LogP contribution in [0.25, 0.3) is 22.3 Å². The topological polar surface area (TPSA) is 178 Å². The van der Waals surface area contributed by atoms with E-state index in [1.54, 1.807) is 51.9 Å². The molecule has 1 saturated carbocycles. The van der Waals surface area contributed by atoms with Gasteiger partial charge in [0.1, 0.15) is 46.4 Å². The van der Waals surface area contributed by atoms with E-state index >= 15 is 0 Å². The number of hydrogen-bond acceptors (Lipinski definition) is 12. The summed E-state index contributed by atoms with van der Waals surface area (Å²) in [5.41, 5.74) is 1.34. The number of benzene rings is 3. The van der Waals surface area contributed by atoms with Gasteiger partial charge in [-0.2, -0.15) is 0 Å². The predicted molar refractivity (Wildman–Crippen MR) is 213 cm³/mol. The quantitative estimate of drug-likeness (QED) is 0.0714.